The number of ether oxygens (including phenoxy) is 1. The van der Waals surface area contributed by atoms with E-state index < -0.39 is 12.1 Å². The fraction of sp³-hybridized carbons (Fsp3) is 0.440. The van der Waals surface area contributed by atoms with Gasteiger partial charge in [0.05, 0.1) is 5.41 Å². The number of hydrogen-bond donors (Lipinski definition) is 1. The smallest absolute Gasteiger partial charge is 0.254 e. The van der Waals surface area contributed by atoms with Crippen LogP contribution in [0.1, 0.15) is 40.7 Å². The Balaban J connectivity index is 1.16. The van der Waals surface area contributed by atoms with Gasteiger partial charge in [0, 0.05) is 35.9 Å². The van der Waals surface area contributed by atoms with Gasteiger partial charge in [-0.05, 0) is 79.9 Å². The van der Waals surface area contributed by atoms with Gasteiger partial charge in [0.2, 0.25) is 5.91 Å². The topological polar surface area (TPSA) is 61.9 Å². The van der Waals surface area contributed by atoms with Gasteiger partial charge in [-0.3, -0.25) is 14.5 Å². The Morgan fingerprint density at radius 3 is 2.61 bits per heavy atom. The van der Waals surface area contributed by atoms with Crippen LogP contribution in [0.15, 0.2) is 36.4 Å². The minimum atomic E-state index is -0.701. The number of fused-ring (bicyclic) bond motifs is 2. The van der Waals surface area contributed by atoms with E-state index in [9.17, 15) is 14.0 Å². The van der Waals surface area contributed by atoms with Crippen LogP contribution in [0.3, 0.4) is 0 Å². The Morgan fingerprint density at radius 1 is 1.12 bits per heavy atom. The van der Waals surface area contributed by atoms with Crippen molar-refractivity contribution in [2.75, 3.05) is 44.6 Å². The Labute approximate surface area is 197 Å². The molecule has 33 heavy (non-hydrogen) atoms. The number of piperidine rings is 1. The molecule has 2 aromatic carbocycles. The number of nitrogens with zero attached hydrogens (tertiary/aromatic N) is 2. The van der Waals surface area contributed by atoms with Gasteiger partial charge in [-0.15, -0.1) is 0 Å². The molecule has 0 unspecified atom stereocenters. The van der Waals surface area contributed by atoms with Gasteiger partial charge in [0.25, 0.3) is 5.91 Å². The van der Waals surface area contributed by atoms with Crippen molar-refractivity contribution in [3.63, 3.8) is 0 Å². The van der Waals surface area contributed by atoms with Crippen LogP contribution in [-0.2, 0) is 16.9 Å². The van der Waals surface area contributed by atoms with Gasteiger partial charge in [-0.1, -0.05) is 11.6 Å². The molecule has 0 atom stereocenters. The third-order valence-electron chi connectivity index (χ3n) is 7.16. The summed E-state index contributed by atoms with van der Waals surface area (Å²) in [6.07, 6.45) is 2.46. The van der Waals surface area contributed by atoms with Crippen molar-refractivity contribution in [3.05, 3.63) is 58.1 Å². The van der Waals surface area contributed by atoms with Crippen LogP contribution in [0.4, 0.5) is 10.1 Å². The number of halogens is 2. The average Bonchev–Trinajstić information content (AvgIpc) is 3.04. The second-order valence-corrected chi connectivity index (χ2v) is 9.45. The van der Waals surface area contributed by atoms with Crippen molar-refractivity contribution < 1.29 is 18.7 Å². The Morgan fingerprint density at radius 2 is 1.91 bits per heavy atom. The fourth-order valence-electron chi connectivity index (χ4n) is 5.00. The molecule has 0 bridgehead atoms. The highest BCUT2D eigenvalue weighted by molar-refractivity contribution is 6.31. The van der Waals surface area contributed by atoms with Crippen LogP contribution in [0.25, 0.3) is 0 Å². The maximum absolute atomic E-state index is 13.6. The highest BCUT2D eigenvalue weighted by Crippen LogP contribution is 2.45. The summed E-state index contributed by atoms with van der Waals surface area (Å²) in [7, 11) is 0. The number of carbonyl (C=O) groups is 2. The lowest BCUT2D eigenvalue weighted by Crippen LogP contribution is -2.47. The van der Waals surface area contributed by atoms with Gasteiger partial charge < -0.3 is 15.0 Å². The van der Waals surface area contributed by atoms with E-state index in [0.717, 1.165) is 56.7 Å². The summed E-state index contributed by atoms with van der Waals surface area (Å²) in [5.41, 5.74) is 2.14. The average molecular weight is 472 g/mol. The van der Waals surface area contributed by atoms with E-state index in [1.54, 1.807) is 29.2 Å². The van der Waals surface area contributed by atoms with E-state index in [2.05, 4.69) is 10.2 Å². The third kappa shape index (κ3) is 4.08. The summed E-state index contributed by atoms with van der Waals surface area (Å²) in [5.74, 6) is 0.513. The first-order valence-corrected chi connectivity index (χ1v) is 11.8. The molecule has 0 aliphatic carbocycles. The second-order valence-electron chi connectivity index (χ2n) is 9.01. The van der Waals surface area contributed by atoms with Crippen molar-refractivity contribution in [1.82, 2.24) is 9.80 Å². The van der Waals surface area contributed by atoms with Crippen LogP contribution in [-0.4, -0.2) is 60.9 Å². The minimum absolute atomic E-state index is 0.0577. The van der Waals surface area contributed by atoms with E-state index in [4.69, 9.17) is 16.3 Å². The molecule has 8 heteroatoms. The lowest BCUT2D eigenvalue weighted by atomic mass is 9.73. The Hall–Kier alpha value is -2.64. The highest BCUT2D eigenvalue weighted by Gasteiger charge is 2.48. The van der Waals surface area contributed by atoms with Crippen molar-refractivity contribution >= 4 is 29.1 Å². The molecule has 3 heterocycles. The molecular formula is C25H27ClFN3O3. The summed E-state index contributed by atoms with van der Waals surface area (Å²) in [5, 5.41) is 3.65. The summed E-state index contributed by atoms with van der Waals surface area (Å²) in [6.45, 7) is 3.49. The molecule has 2 fully saturated rings. The normalized spacial score (nSPS) is 19.2. The standard InChI is InChI=1S/C25H27ClFN3O3/c26-18-2-5-22-21(15-18)25(24(32)28-22)6-10-29(11-7-25)12-13-33-19-3-4-20(17(14-19)16-27)23(31)30-8-1-9-30/h2-5,14-15H,1,6-13,16H2,(H,28,32). The second kappa shape index (κ2) is 8.95. The van der Waals surface area contributed by atoms with Crippen molar-refractivity contribution in [1.29, 1.82) is 0 Å². The van der Waals surface area contributed by atoms with Crippen LogP contribution < -0.4 is 10.1 Å². The van der Waals surface area contributed by atoms with E-state index in [1.165, 1.54) is 0 Å². The number of rotatable bonds is 6. The van der Waals surface area contributed by atoms with Crippen LogP contribution in [0, 0.1) is 0 Å². The molecule has 2 amide bonds. The van der Waals surface area contributed by atoms with E-state index >= 15 is 0 Å². The molecule has 3 aliphatic rings. The quantitative estimate of drug-likeness (QED) is 0.691. The lowest BCUT2D eigenvalue weighted by molar-refractivity contribution is -0.122. The maximum Gasteiger partial charge on any atom is 0.254 e. The van der Waals surface area contributed by atoms with Gasteiger partial charge in [0.1, 0.15) is 19.0 Å². The molecule has 2 aromatic rings. The van der Waals surface area contributed by atoms with Gasteiger partial charge in [-0.2, -0.15) is 0 Å². The SMILES string of the molecule is O=C(c1ccc(OCCN2CCC3(CC2)C(=O)Nc2ccc(Cl)cc23)cc1CF)N1CCC1. The minimum Gasteiger partial charge on any atom is -0.492 e. The molecule has 174 valence electrons. The zero-order valence-electron chi connectivity index (χ0n) is 18.4. The first kappa shape index (κ1) is 22.2. The number of amides is 2. The van der Waals surface area contributed by atoms with Crippen molar-refractivity contribution in [2.24, 2.45) is 0 Å². The molecule has 0 radical (unpaired) electrons. The van der Waals surface area contributed by atoms with E-state index in [0.29, 0.717) is 35.1 Å². The zero-order chi connectivity index (χ0) is 23.0. The largest absolute Gasteiger partial charge is 0.492 e. The number of hydrogen-bond acceptors (Lipinski definition) is 4. The van der Waals surface area contributed by atoms with Crippen LogP contribution >= 0.6 is 11.6 Å². The highest BCUT2D eigenvalue weighted by atomic mass is 35.5. The van der Waals surface area contributed by atoms with E-state index in [-0.39, 0.29) is 11.8 Å². The Bertz CT molecular complexity index is 1080. The molecule has 3 aliphatic heterocycles. The van der Waals surface area contributed by atoms with Gasteiger partial charge in [0.15, 0.2) is 0 Å². The number of anilines is 1. The number of nitrogens with one attached hydrogen (secondary N) is 1. The summed E-state index contributed by atoms with van der Waals surface area (Å²) < 4.78 is 19.4. The number of likely N-dealkylation sites (tertiary alicyclic amines) is 2. The molecule has 0 aromatic heterocycles. The molecule has 0 saturated carbocycles. The van der Waals surface area contributed by atoms with Gasteiger partial charge in [-0.25, -0.2) is 4.39 Å². The van der Waals surface area contributed by atoms with Gasteiger partial charge >= 0.3 is 0 Å². The van der Waals surface area contributed by atoms with Crippen molar-refractivity contribution in [2.45, 2.75) is 31.4 Å². The summed E-state index contributed by atoms with van der Waals surface area (Å²) >= 11 is 6.19. The molecular weight excluding hydrogens is 445 g/mol. The fourth-order valence-corrected chi connectivity index (χ4v) is 5.17. The first-order valence-electron chi connectivity index (χ1n) is 11.4. The first-order chi connectivity index (χ1) is 16.0. The molecule has 1 N–H and O–H groups in total. The monoisotopic (exact) mass is 471 g/mol. The van der Waals surface area contributed by atoms with E-state index in [1.807, 2.05) is 12.1 Å². The lowest BCUT2D eigenvalue weighted by Gasteiger charge is -2.38. The van der Waals surface area contributed by atoms with Crippen LogP contribution in [0.2, 0.25) is 5.02 Å². The number of alkyl halides is 1. The van der Waals surface area contributed by atoms with Crippen LogP contribution in [0.5, 0.6) is 5.75 Å². The predicted molar refractivity (Wildman–Crippen MR) is 125 cm³/mol. The predicted octanol–water partition coefficient (Wildman–Crippen LogP) is 4.02. The maximum atomic E-state index is 13.6. The molecule has 2 saturated heterocycles. The third-order valence-corrected chi connectivity index (χ3v) is 7.40. The zero-order valence-corrected chi connectivity index (χ0v) is 19.2. The molecule has 1 spiro atoms. The van der Waals surface area contributed by atoms with Crippen molar-refractivity contribution in [3.8, 4) is 5.75 Å². The summed E-state index contributed by atoms with van der Waals surface area (Å²) in [4.78, 5) is 29.2. The Kier molecular flexibility index (Phi) is 6.01. The molecule has 6 nitrogen and oxygen atoms in total. The number of carbonyl (C=O) groups excluding carboxylic acids is 2. The molecule has 5 rings (SSSR count). The summed E-state index contributed by atoms with van der Waals surface area (Å²) in [6, 6.07) is 10.6. The number of benzene rings is 2.